The summed E-state index contributed by atoms with van der Waals surface area (Å²) in [5.41, 5.74) is 0. The van der Waals surface area contributed by atoms with Crippen molar-refractivity contribution >= 4 is 11.8 Å². The zero-order chi connectivity index (χ0) is 12.3. The molecule has 4 heteroatoms. The number of hydrogen-bond donors (Lipinski definition) is 1. The van der Waals surface area contributed by atoms with Crippen LogP contribution in [-0.2, 0) is 9.59 Å². The number of nitrogens with zero attached hydrogens (tertiary/aromatic N) is 1. The molecule has 96 valence electrons. The molecule has 1 N–H and O–H groups in total. The summed E-state index contributed by atoms with van der Waals surface area (Å²) in [6.07, 6.45) is 5.57. The van der Waals surface area contributed by atoms with Gasteiger partial charge in [-0.1, -0.05) is 26.2 Å². The molecule has 2 fully saturated rings. The van der Waals surface area contributed by atoms with Gasteiger partial charge in [0.25, 0.3) is 0 Å². The average Bonchev–Trinajstić information content (AvgIpc) is 2.47. The molecule has 0 aromatic carbocycles. The first kappa shape index (κ1) is 12.4. The van der Waals surface area contributed by atoms with E-state index in [2.05, 4.69) is 12.2 Å². The van der Waals surface area contributed by atoms with Gasteiger partial charge in [-0.3, -0.25) is 9.59 Å². The van der Waals surface area contributed by atoms with Gasteiger partial charge in [-0.25, -0.2) is 0 Å². The van der Waals surface area contributed by atoms with Crippen molar-refractivity contribution in [1.29, 1.82) is 0 Å². The maximum absolute atomic E-state index is 11.9. The Morgan fingerprint density at radius 3 is 2.82 bits per heavy atom. The summed E-state index contributed by atoms with van der Waals surface area (Å²) < 4.78 is 0. The molecule has 0 spiro atoms. The number of hydrogen-bond acceptors (Lipinski definition) is 2. The van der Waals surface area contributed by atoms with Crippen LogP contribution in [0.4, 0.5) is 0 Å². The number of nitrogens with one attached hydrogen (secondary N) is 1. The van der Waals surface area contributed by atoms with E-state index in [1.165, 1.54) is 25.7 Å². The van der Waals surface area contributed by atoms with Gasteiger partial charge >= 0.3 is 0 Å². The van der Waals surface area contributed by atoms with Crippen molar-refractivity contribution in [1.82, 2.24) is 10.2 Å². The monoisotopic (exact) mass is 238 g/mol. The first-order valence-corrected chi connectivity index (χ1v) is 6.71. The normalized spacial score (nSPS) is 31.0. The third-order valence-electron chi connectivity index (χ3n) is 4.14. The molecule has 2 amide bonds. The molecule has 0 aromatic heterocycles. The highest BCUT2D eigenvalue weighted by molar-refractivity contribution is 5.87. The van der Waals surface area contributed by atoms with E-state index in [1.54, 1.807) is 0 Å². The first-order valence-electron chi connectivity index (χ1n) is 6.71. The molecule has 4 nitrogen and oxygen atoms in total. The van der Waals surface area contributed by atoms with E-state index in [0.717, 1.165) is 6.54 Å². The molecule has 0 bridgehead atoms. The average molecular weight is 238 g/mol. The summed E-state index contributed by atoms with van der Waals surface area (Å²) in [6, 6.07) is 0. The molecule has 1 heterocycles. The van der Waals surface area contributed by atoms with Crippen molar-refractivity contribution in [2.24, 2.45) is 11.8 Å². The van der Waals surface area contributed by atoms with Gasteiger partial charge < -0.3 is 10.2 Å². The fourth-order valence-electron chi connectivity index (χ4n) is 2.88. The predicted molar refractivity (Wildman–Crippen MR) is 65.3 cm³/mol. The molecule has 1 aliphatic carbocycles. The second-order valence-corrected chi connectivity index (χ2v) is 5.39. The number of rotatable bonds is 2. The summed E-state index contributed by atoms with van der Waals surface area (Å²) >= 11 is 0. The highest BCUT2D eigenvalue weighted by atomic mass is 16.2. The fraction of sp³-hybridized carbons (Fsp3) is 0.846. The van der Waals surface area contributed by atoms with Crippen molar-refractivity contribution in [2.75, 3.05) is 19.6 Å². The Labute approximate surface area is 103 Å². The maximum Gasteiger partial charge on any atom is 0.241 e. The Morgan fingerprint density at radius 2 is 2.06 bits per heavy atom. The van der Waals surface area contributed by atoms with Gasteiger partial charge in [0.1, 0.15) is 0 Å². The van der Waals surface area contributed by atoms with E-state index < -0.39 is 0 Å². The van der Waals surface area contributed by atoms with Crippen LogP contribution in [0.25, 0.3) is 0 Å². The molecule has 1 aliphatic heterocycles. The third kappa shape index (κ3) is 3.20. The topological polar surface area (TPSA) is 49.4 Å². The maximum atomic E-state index is 11.9. The van der Waals surface area contributed by atoms with Crippen LogP contribution in [0.15, 0.2) is 0 Å². The van der Waals surface area contributed by atoms with Gasteiger partial charge in [-0.2, -0.15) is 0 Å². The van der Waals surface area contributed by atoms with Crippen LogP contribution >= 0.6 is 0 Å². The predicted octanol–water partition coefficient (Wildman–Crippen LogP) is 1.16. The molecule has 1 saturated carbocycles. The van der Waals surface area contributed by atoms with Crippen molar-refractivity contribution in [3.63, 3.8) is 0 Å². The quantitative estimate of drug-likeness (QED) is 0.785. The van der Waals surface area contributed by atoms with E-state index in [1.807, 2.05) is 4.90 Å². The lowest BCUT2D eigenvalue weighted by Crippen LogP contribution is -2.40. The van der Waals surface area contributed by atoms with Gasteiger partial charge in [-0.15, -0.1) is 0 Å². The zero-order valence-corrected chi connectivity index (χ0v) is 10.6. The lowest BCUT2D eigenvalue weighted by molar-refractivity contribution is -0.131. The van der Waals surface area contributed by atoms with E-state index in [0.29, 0.717) is 24.8 Å². The Balaban J connectivity index is 1.91. The smallest absolute Gasteiger partial charge is 0.241 e. The second kappa shape index (κ2) is 5.52. The first-order chi connectivity index (χ1) is 8.16. The van der Waals surface area contributed by atoms with Crippen LogP contribution in [-0.4, -0.2) is 36.3 Å². The minimum absolute atomic E-state index is 0.00228. The van der Waals surface area contributed by atoms with Gasteiger partial charge in [0.15, 0.2) is 0 Å². The van der Waals surface area contributed by atoms with Crippen molar-refractivity contribution in [3.8, 4) is 0 Å². The molecule has 2 unspecified atom stereocenters. The van der Waals surface area contributed by atoms with Crippen LogP contribution in [0.1, 0.15) is 39.0 Å². The Bertz CT molecular complexity index is 304. The molecule has 0 radical (unpaired) electrons. The fourth-order valence-corrected chi connectivity index (χ4v) is 2.88. The standard InChI is InChI=1S/C13H22N2O2/c1-10-4-2-3-5-11(10)9-15-7-6-12(16)14-8-13(15)17/h10-11H,2-9H2,1H3,(H,14,16). The number of carbonyl (C=O) groups is 2. The van der Waals surface area contributed by atoms with Gasteiger partial charge in [0.2, 0.25) is 11.8 Å². The minimum Gasteiger partial charge on any atom is -0.347 e. The van der Waals surface area contributed by atoms with E-state index >= 15 is 0 Å². The minimum atomic E-state index is -0.00228. The lowest BCUT2D eigenvalue weighted by atomic mass is 9.80. The molecule has 2 atom stereocenters. The van der Waals surface area contributed by atoms with Crippen LogP contribution in [0.5, 0.6) is 0 Å². The number of carbonyl (C=O) groups excluding carboxylic acids is 2. The molecular formula is C13H22N2O2. The van der Waals surface area contributed by atoms with Gasteiger partial charge in [0, 0.05) is 19.5 Å². The molecule has 2 rings (SSSR count). The SMILES string of the molecule is CC1CCCCC1CN1CCC(=O)NCC1=O. The number of amides is 2. The third-order valence-corrected chi connectivity index (χ3v) is 4.14. The van der Waals surface area contributed by atoms with Gasteiger partial charge in [0.05, 0.1) is 6.54 Å². The summed E-state index contributed by atoms with van der Waals surface area (Å²) in [6.45, 7) is 3.90. The van der Waals surface area contributed by atoms with E-state index in [-0.39, 0.29) is 18.4 Å². The molecule has 2 aliphatic rings. The summed E-state index contributed by atoms with van der Waals surface area (Å²) in [5, 5.41) is 2.64. The Hall–Kier alpha value is -1.06. The second-order valence-electron chi connectivity index (χ2n) is 5.39. The molecule has 17 heavy (non-hydrogen) atoms. The Kier molecular flexibility index (Phi) is 4.02. The highest BCUT2D eigenvalue weighted by Gasteiger charge is 2.27. The van der Waals surface area contributed by atoms with Crippen molar-refractivity contribution in [2.45, 2.75) is 39.0 Å². The van der Waals surface area contributed by atoms with E-state index in [4.69, 9.17) is 0 Å². The largest absolute Gasteiger partial charge is 0.347 e. The van der Waals surface area contributed by atoms with Crippen LogP contribution in [0.3, 0.4) is 0 Å². The molecular weight excluding hydrogens is 216 g/mol. The highest BCUT2D eigenvalue weighted by Crippen LogP contribution is 2.30. The Morgan fingerprint density at radius 1 is 1.29 bits per heavy atom. The lowest BCUT2D eigenvalue weighted by Gasteiger charge is -2.33. The molecule has 0 aromatic rings. The summed E-state index contributed by atoms with van der Waals surface area (Å²) in [7, 11) is 0. The molecule has 1 saturated heterocycles. The zero-order valence-electron chi connectivity index (χ0n) is 10.6. The van der Waals surface area contributed by atoms with Crippen LogP contribution in [0.2, 0.25) is 0 Å². The van der Waals surface area contributed by atoms with Crippen molar-refractivity contribution < 1.29 is 9.59 Å². The van der Waals surface area contributed by atoms with Crippen LogP contribution < -0.4 is 5.32 Å². The van der Waals surface area contributed by atoms with Gasteiger partial charge in [-0.05, 0) is 18.3 Å². The van der Waals surface area contributed by atoms with E-state index in [9.17, 15) is 9.59 Å². The van der Waals surface area contributed by atoms with Crippen molar-refractivity contribution in [3.05, 3.63) is 0 Å². The van der Waals surface area contributed by atoms with Crippen LogP contribution in [0, 0.1) is 11.8 Å². The summed E-state index contributed by atoms with van der Waals surface area (Å²) in [5.74, 6) is 1.41. The summed E-state index contributed by atoms with van der Waals surface area (Å²) in [4.78, 5) is 25.0.